The van der Waals surface area contributed by atoms with E-state index in [0.717, 1.165) is 12.3 Å². The van der Waals surface area contributed by atoms with Gasteiger partial charge in [0.05, 0.1) is 6.10 Å². The Balaban J connectivity index is 2.16. The SMILES string of the molecule is CCCNC(c1cccc(OC(C)C)c1)C1(C)CC1. The minimum Gasteiger partial charge on any atom is -0.491 e. The number of hydrogen-bond donors (Lipinski definition) is 1. The Bertz CT molecular complexity index is 409. The minimum atomic E-state index is 0.230. The van der Waals surface area contributed by atoms with Crippen LogP contribution in [0.2, 0.25) is 0 Å². The van der Waals surface area contributed by atoms with E-state index in [1.54, 1.807) is 0 Å². The van der Waals surface area contributed by atoms with Crippen molar-refractivity contribution in [1.29, 1.82) is 0 Å². The van der Waals surface area contributed by atoms with E-state index in [1.165, 1.54) is 24.8 Å². The van der Waals surface area contributed by atoms with Gasteiger partial charge in [0, 0.05) is 6.04 Å². The van der Waals surface area contributed by atoms with Crippen LogP contribution in [0.1, 0.15) is 58.6 Å². The molecule has 1 aliphatic carbocycles. The summed E-state index contributed by atoms with van der Waals surface area (Å²) in [5.41, 5.74) is 1.80. The Morgan fingerprint density at radius 1 is 1.32 bits per heavy atom. The van der Waals surface area contributed by atoms with E-state index >= 15 is 0 Å². The summed E-state index contributed by atoms with van der Waals surface area (Å²) in [6, 6.07) is 9.05. The molecule has 0 heterocycles. The topological polar surface area (TPSA) is 21.3 Å². The lowest BCUT2D eigenvalue weighted by molar-refractivity contribution is 0.241. The van der Waals surface area contributed by atoms with Gasteiger partial charge in [0.15, 0.2) is 0 Å². The van der Waals surface area contributed by atoms with Crippen LogP contribution in [-0.2, 0) is 0 Å². The maximum Gasteiger partial charge on any atom is 0.120 e. The quantitative estimate of drug-likeness (QED) is 0.789. The van der Waals surface area contributed by atoms with Crippen LogP contribution in [0, 0.1) is 5.41 Å². The molecular formula is C17H27NO. The van der Waals surface area contributed by atoms with E-state index in [4.69, 9.17) is 4.74 Å². The molecule has 0 amide bonds. The molecule has 0 bridgehead atoms. The summed E-state index contributed by atoms with van der Waals surface area (Å²) in [6.45, 7) is 9.83. The molecule has 1 saturated carbocycles. The largest absolute Gasteiger partial charge is 0.491 e. The van der Waals surface area contributed by atoms with E-state index < -0.39 is 0 Å². The van der Waals surface area contributed by atoms with Gasteiger partial charge in [-0.3, -0.25) is 0 Å². The normalized spacial score (nSPS) is 18.4. The van der Waals surface area contributed by atoms with Crippen molar-refractivity contribution in [2.24, 2.45) is 5.41 Å². The van der Waals surface area contributed by atoms with Crippen molar-refractivity contribution < 1.29 is 4.74 Å². The molecule has 106 valence electrons. The molecule has 0 radical (unpaired) electrons. The van der Waals surface area contributed by atoms with Gasteiger partial charge in [-0.1, -0.05) is 26.0 Å². The molecular weight excluding hydrogens is 234 g/mol. The fourth-order valence-corrected chi connectivity index (χ4v) is 2.58. The number of hydrogen-bond acceptors (Lipinski definition) is 2. The van der Waals surface area contributed by atoms with Gasteiger partial charge in [-0.05, 0) is 62.8 Å². The summed E-state index contributed by atoms with van der Waals surface area (Å²) in [6.07, 6.45) is 4.05. The lowest BCUT2D eigenvalue weighted by Crippen LogP contribution is -2.28. The summed E-state index contributed by atoms with van der Waals surface area (Å²) in [4.78, 5) is 0. The van der Waals surface area contributed by atoms with Crippen molar-refractivity contribution in [1.82, 2.24) is 5.32 Å². The third kappa shape index (κ3) is 3.73. The number of ether oxygens (including phenoxy) is 1. The van der Waals surface area contributed by atoms with Crippen LogP contribution in [0.5, 0.6) is 5.75 Å². The van der Waals surface area contributed by atoms with Crippen LogP contribution in [0.25, 0.3) is 0 Å². The average Bonchev–Trinajstić information content (AvgIpc) is 3.08. The minimum absolute atomic E-state index is 0.230. The second kappa shape index (κ2) is 5.96. The monoisotopic (exact) mass is 261 g/mol. The Kier molecular flexibility index (Phi) is 4.51. The fraction of sp³-hybridized carbons (Fsp3) is 0.647. The summed E-state index contributed by atoms with van der Waals surface area (Å²) in [7, 11) is 0. The molecule has 1 N–H and O–H groups in total. The van der Waals surface area contributed by atoms with Crippen LogP contribution in [0.4, 0.5) is 0 Å². The van der Waals surface area contributed by atoms with E-state index in [2.05, 4.69) is 57.3 Å². The van der Waals surface area contributed by atoms with Crippen molar-refractivity contribution in [3.63, 3.8) is 0 Å². The smallest absolute Gasteiger partial charge is 0.120 e. The molecule has 0 saturated heterocycles. The molecule has 1 aliphatic rings. The highest BCUT2D eigenvalue weighted by molar-refractivity contribution is 5.32. The number of nitrogens with one attached hydrogen (secondary N) is 1. The zero-order valence-electron chi connectivity index (χ0n) is 12.7. The molecule has 0 spiro atoms. The maximum atomic E-state index is 5.81. The third-order valence-electron chi connectivity index (χ3n) is 3.90. The summed E-state index contributed by atoms with van der Waals surface area (Å²) >= 11 is 0. The zero-order chi connectivity index (χ0) is 13.9. The average molecular weight is 261 g/mol. The van der Waals surface area contributed by atoms with Crippen molar-refractivity contribution in [2.45, 2.75) is 59.1 Å². The standard InChI is InChI=1S/C17H27NO/c1-5-11-18-16(17(4)9-10-17)14-7-6-8-15(12-14)19-13(2)3/h6-8,12-13,16,18H,5,9-11H2,1-4H3. The van der Waals surface area contributed by atoms with Gasteiger partial charge in [-0.15, -0.1) is 0 Å². The molecule has 1 aromatic rings. The Labute approximate surface area is 117 Å². The van der Waals surface area contributed by atoms with Crippen LogP contribution >= 0.6 is 0 Å². The predicted octanol–water partition coefficient (Wildman–Crippen LogP) is 4.31. The summed E-state index contributed by atoms with van der Waals surface area (Å²) in [5.74, 6) is 0.986. The molecule has 2 nitrogen and oxygen atoms in total. The third-order valence-corrected chi connectivity index (χ3v) is 3.90. The second-order valence-corrected chi connectivity index (χ2v) is 6.28. The van der Waals surface area contributed by atoms with E-state index in [1.807, 2.05) is 0 Å². The van der Waals surface area contributed by atoms with Gasteiger partial charge >= 0.3 is 0 Å². The van der Waals surface area contributed by atoms with Crippen molar-refractivity contribution in [3.8, 4) is 5.75 Å². The van der Waals surface area contributed by atoms with E-state index in [9.17, 15) is 0 Å². The lowest BCUT2D eigenvalue weighted by Gasteiger charge is -2.26. The van der Waals surface area contributed by atoms with Gasteiger partial charge in [0.25, 0.3) is 0 Å². The van der Waals surface area contributed by atoms with Crippen LogP contribution < -0.4 is 10.1 Å². The van der Waals surface area contributed by atoms with E-state index in [-0.39, 0.29) is 6.10 Å². The van der Waals surface area contributed by atoms with Gasteiger partial charge in [0.2, 0.25) is 0 Å². The first-order chi connectivity index (χ1) is 9.05. The molecule has 2 rings (SSSR count). The maximum absolute atomic E-state index is 5.81. The van der Waals surface area contributed by atoms with Gasteiger partial charge in [0.1, 0.15) is 5.75 Å². The highest BCUT2D eigenvalue weighted by Crippen LogP contribution is 2.54. The Morgan fingerprint density at radius 2 is 2.05 bits per heavy atom. The molecule has 1 unspecified atom stereocenters. The zero-order valence-corrected chi connectivity index (χ0v) is 12.7. The van der Waals surface area contributed by atoms with Crippen LogP contribution in [0.15, 0.2) is 24.3 Å². The molecule has 0 aliphatic heterocycles. The highest BCUT2D eigenvalue weighted by Gasteiger charge is 2.45. The Morgan fingerprint density at radius 3 is 2.63 bits per heavy atom. The van der Waals surface area contributed by atoms with Crippen LogP contribution in [-0.4, -0.2) is 12.6 Å². The predicted molar refractivity (Wildman–Crippen MR) is 80.6 cm³/mol. The van der Waals surface area contributed by atoms with Crippen molar-refractivity contribution in [2.75, 3.05) is 6.54 Å². The van der Waals surface area contributed by atoms with Crippen molar-refractivity contribution >= 4 is 0 Å². The first kappa shape index (κ1) is 14.4. The second-order valence-electron chi connectivity index (χ2n) is 6.28. The molecule has 2 heteroatoms. The number of benzene rings is 1. The first-order valence-electron chi connectivity index (χ1n) is 7.55. The Hall–Kier alpha value is -1.02. The van der Waals surface area contributed by atoms with Gasteiger partial charge < -0.3 is 10.1 Å². The summed E-state index contributed by atoms with van der Waals surface area (Å²) in [5, 5.41) is 3.71. The van der Waals surface area contributed by atoms with Gasteiger partial charge in [-0.2, -0.15) is 0 Å². The fourth-order valence-electron chi connectivity index (χ4n) is 2.58. The summed E-state index contributed by atoms with van der Waals surface area (Å²) < 4.78 is 5.81. The molecule has 19 heavy (non-hydrogen) atoms. The number of rotatable bonds is 7. The van der Waals surface area contributed by atoms with Crippen molar-refractivity contribution in [3.05, 3.63) is 29.8 Å². The molecule has 1 atom stereocenters. The molecule has 0 aromatic heterocycles. The molecule has 1 aromatic carbocycles. The van der Waals surface area contributed by atoms with E-state index in [0.29, 0.717) is 11.5 Å². The molecule has 1 fully saturated rings. The van der Waals surface area contributed by atoms with Crippen LogP contribution in [0.3, 0.4) is 0 Å². The first-order valence-corrected chi connectivity index (χ1v) is 7.55. The van der Waals surface area contributed by atoms with Gasteiger partial charge in [-0.25, -0.2) is 0 Å². The highest BCUT2D eigenvalue weighted by atomic mass is 16.5. The lowest BCUT2D eigenvalue weighted by atomic mass is 9.91.